The zero-order chi connectivity index (χ0) is 26.9. The molecule has 0 spiro atoms. The summed E-state index contributed by atoms with van der Waals surface area (Å²) in [5, 5.41) is 12.5. The van der Waals surface area contributed by atoms with Crippen molar-refractivity contribution in [3.8, 4) is 22.6 Å². The Hall–Kier alpha value is -4.60. The van der Waals surface area contributed by atoms with Gasteiger partial charge in [-0.05, 0) is 42.4 Å². The number of piperazine rings is 1. The summed E-state index contributed by atoms with van der Waals surface area (Å²) in [7, 11) is 2.17. The fourth-order valence-electron chi connectivity index (χ4n) is 5.38. The van der Waals surface area contributed by atoms with E-state index in [0.717, 1.165) is 95.1 Å². The average molecular weight is 530 g/mol. The minimum Gasteiger partial charge on any atom is -0.367 e. The molecule has 0 amide bonds. The first-order valence-corrected chi connectivity index (χ1v) is 13.7. The van der Waals surface area contributed by atoms with Crippen LogP contribution in [0.2, 0.25) is 0 Å². The third-order valence-corrected chi connectivity index (χ3v) is 7.62. The normalized spacial score (nSPS) is 14.4. The Bertz CT molecular complexity index is 1760. The van der Waals surface area contributed by atoms with Gasteiger partial charge in [0.05, 0.1) is 40.5 Å². The smallest absolute Gasteiger partial charge is 0.135 e. The second kappa shape index (κ2) is 10.5. The third kappa shape index (κ3) is 4.81. The van der Waals surface area contributed by atoms with E-state index in [-0.39, 0.29) is 0 Å². The first-order valence-electron chi connectivity index (χ1n) is 13.7. The van der Waals surface area contributed by atoms with E-state index in [0.29, 0.717) is 0 Å². The predicted molar refractivity (Wildman–Crippen MR) is 159 cm³/mol. The number of hydrogen-bond donors (Lipinski definition) is 3. The summed E-state index contributed by atoms with van der Waals surface area (Å²) >= 11 is 0. The van der Waals surface area contributed by atoms with Gasteiger partial charge >= 0.3 is 0 Å². The largest absolute Gasteiger partial charge is 0.367 e. The number of nitrogens with zero attached hydrogens (tertiary/aromatic N) is 6. The predicted octanol–water partition coefficient (Wildman–Crippen LogP) is 4.60. The summed E-state index contributed by atoms with van der Waals surface area (Å²) in [6.07, 6.45) is 7.62. The van der Waals surface area contributed by atoms with Crippen LogP contribution in [0, 0.1) is 0 Å². The molecule has 1 aromatic carbocycles. The Kier molecular flexibility index (Phi) is 6.43. The number of likely N-dealkylation sites (N-methyl/N-ethyl adjacent to an activating group) is 1. The van der Waals surface area contributed by atoms with Crippen LogP contribution in [0.4, 0.5) is 5.69 Å². The molecule has 0 aliphatic carbocycles. The van der Waals surface area contributed by atoms with Crippen LogP contribution in [0.25, 0.3) is 44.6 Å². The molecule has 6 aromatic rings. The molecule has 5 aromatic heterocycles. The maximum atomic E-state index is 5.04. The highest BCUT2D eigenvalue weighted by Gasteiger charge is 2.20. The van der Waals surface area contributed by atoms with E-state index in [1.54, 1.807) is 0 Å². The minimum atomic E-state index is 0.730. The van der Waals surface area contributed by atoms with Crippen LogP contribution in [0.15, 0.2) is 79.4 Å². The lowest BCUT2D eigenvalue weighted by molar-refractivity contribution is 0.313. The van der Waals surface area contributed by atoms with Crippen LogP contribution in [0.3, 0.4) is 0 Å². The van der Waals surface area contributed by atoms with Crippen LogP contribution in [0.5, 0.6) is 0 Å². The highest BCUT2D eigenvalue weighted by molar-refractivity contribution is 5.98. The van der Waals surface area contributed by atoms with Gasteiger partial charge in [-0.15, -0.1) is 0 Å². The monoisotopic (exact) mass is 529 g/mol. The number of nitrogens with one attached hydrogen (secondary N) is 3. The van der Waals surface area contributed by atoms with Gasteiger partial charge in [0, 0.05) is 62.6 Å². The number of hydrogen-bond acceptors (Lipinski definition) is 7. The fraction of sp³-hybridized carbons (Fsp3) is 0.226. The molecule has 0 unspecified atom stereocenters. The molecule has 200 valence electrons. The summed E-state index contributed by atoms with van der Waals surface area (Å²) in [5.74, 6) is 0. The Labute approximate surface area is 232 Å². The number of rotatable bonds is 7. The standard InChI is InChI=1S/C31H31N9/c1-39-9-11-40(12-10-39)29-20-34-19-28-24(29)14-27(35-28)31-30-26(37-38-31)8-7-25(36-30)23-13-22(17-33-18-23)16-32-15-21-5-3-2-4-6-21/h2-8,13-14,17-20,32,35H,9-12,15-16H2,1H3,(H,37,38). The lowest BCUT2D eigenvalue weighted by Gasteiger charge is -2.34. The van der Waals surface area contributed by atoms with E-state index >= 15 is 0 Å². The molecule has 1 aliphatic heterocycles. The van der Waals surface area contributed by atoms with Crippen molar-refractivity contribution in [1.82, 2.24) is 40.3 Å². The van der Waals surface area contributed by atoms with Crippen molar-refractivity contribution in [2.45, 2.75) is 13.1 Å². The van der Waals surface area contributed by atoms with Gasteiger partial charge < -0.3 is 20.1 Å². The molecular weight excluding hydrogens is 498 g/mol. The molecule has 1 saturated heterocycles. The Morgan fingerprint density at radius 3 is 2.52 bits per heavy atom. The molecule has 40 heavy (non-hydrogen) atoms. The number of aromatic amines is 2. The summed E-state index contributed by atoms with van der Waals surface area (Å²) in [6, 6.07) is 18.8. The number of aromatic nitrogens is 6. The maximum absolute atomic E-state index is 5.04. The molecule has 1 fully saturated rings. The van der Waals surface area contributed by atoms with E-state index in [1.165, 1.54) is 5.56 Å². The lowest BCUT2D eigenvalue weighted by atomic mass is 10.1. The van der Waals surface area contributed by atoms with Gasteiger partial charge in [-0.25, -0.2) is 4.98 Å². The Morgan fingerprint density at radius 1 is 0.825 bits per heavy atom. The molecule has 9 heteroatoms. The summed E-state index contributed by atoms with van der Waals surface area (Å²) in [5.41, 5.74) is 9.81. The van der Waals surface area contributed by atoms with E-state index in [1.807, 2.05) is 43.0 Å². The van der Waals surface area contributed by atoms with Gasteiger partial charge in [0.1, 0.15) is 11.2 Å². The van der Waals surface area contributed by atoms with Gasteiger partial charge in [-0.3, -0.25) is 15.1 Å². The minimum absolute atomic E-state index is 0.730. The molecule has 6 heterocycles. The molecule has 0 saturated carbocycles. The lowest BCUT2D eigenvalue weighted by Crippen LogP contribution is -2.44. The number of fused-ring (bicyclic) bond motifs is 2. The summed E-state index contributed by atoms with van der Waals surface area (Å²) < 4.78 is 0. The van der Waals surface area contributed by atoms with E-state index in [9.17, 15) is 0 Å². The SMILES string of the molecule is CN1CCN(c2cncc3[nH]c(-c4n[nH]c5ccc(-c6cncc(CNCc7ccccc7)c6)nc45)cc23)CC1. The molecule has 9 nitrogen and oxygen atoms in total. The zero-order valence-corrected chi connectivity index (χ0v) is 22.4. The summed E-state index contributed by atoms with van der Waals surface area (Å²) in [6.45, 7) is 5.61. The zero-order valence-electron chi connectivity index (χ0n) is 22.4. The van der Waals surface area contributed by atoms with Crippen molar-refractivity contribution in [2.24, 2.45) is 0 Å². The molecule has 0 radical (unpaired) electrons. The molecule has 1 aliphatic rings. The highest BCUT2D eigenvalue weighted by atomic mass is 15.3. The van der Waals surface area contributed by atoms with Crippen molar-refractivity contribution in [2.75, 3.05) is 38.1 Å². The van der Waals surface area contributed by atoms with Crippen molar-refractivity contribution >= 4 is 27.6 Å². The second-order valence-electron chi connectivity index (χ2n) is 10.4. The first kappa shape index (κ1) is 24.4. The van der Waals surface area contributed by atoms with Gasteiger partial charge in [0.2, 0.25) is 0 Å². The third-order valence-electron chi connectivity index (χ3n) is 7.62. The Morgan fingerprint density at radius 2 is 1.65 bits per heavy atom. The van der Waals surface area contributed by atoms with E-state index < -0.39 is 0 Å². The van der Waals surface area contributed by atoms with Crippen molar-refractivity contribution in [1.29, 1.82) is 0 Å². The maximum Gasteiger partial charge on any atom is 0.135 e. The van der Waals surface area contributed by atoms with Gasteiger partial charge in [-0.1, -0.05) is 30.3 Å². The van der Waals surface area contributed by atoms with Gasteiger partial charge in [0.15, 0.2) is 0 Å². The Balaban J connectivity index is 1.17. The van der Waals surface area contributed by atoms with E-state index in [2.05, 4.69) is 83.7 Å². The van der Waals surface area contributed by atoms with Crippen molar-refractivity contribution in [3.63, 3.8) is 0 Å². The van der Waals surface area contributed by atoms with Crippen LogP contribution in [0.1, 0.15) is 11.1 Å². The number of benzene rings is 1. The van der Waals surface area contributed by atoms with Crippen LogP contribution < -0.4 is 10.2 Å². The molecule has 0 atom stereocenters. The highest BCUT2D eigenvalue weighted by Crippen LogP contribution is 2.33. The van der Waals surface area contributed by atoms with Gasteiger partial charge in [-0.2, -0.15) is 5.10 Å². The molecule has 3 N–H and O–H groups in total. The number of pyridine rings is 3. The van der Waals surface area contributed by atoms with Crippen LogP contribution in [-0.2, 0) is 13.1 Å². The van der Waals surface area contributed by atoms with Crippen molar-refractivity contribution < 1.29 is 0 Å². The molecule has 7 rings (SSSR count). The number of anilines is 1. The van der Waals surface area contributed by atoms with Gasteiger partial charge in [0.25, 0.3) is 0 Å². The van der Waals surface area contributed by atoms with Crippen molar-refractivity contribution in [3.05, 3.63) is 90.5 Å². The van der Waals surface area contributed by atoms with E-state index in [4.69, 9.17) is 4.98 Å². The molecular formula is C31H31N9. The topological polar surface area (TPSA) is 102 Å². The quantitative estimate of drug-likeness (QED) is 0.278. The van der Waals surface area contributed by atoms with Crippen LogP contribution in [-0.4, -0.2) is 68.3 Å². The summed E-state index contributed by atoms with van der Waals surface area (Å²) in [4.78, 5) is 22.4. The first-order chi connectivity index (χ1) is 19.7. The average Bonchev–Trinajstić information content (AvgIpc) is 3.62. The fourth-order valence-corrected chi connectivity index (χ4v) is 5.38. The van der Waals surface area contributed by atoms with Crippen LogP contribution >= 0.6 is 0 Å². The second-order valence-corrected chi connectivity index (χ2v) is 10.4. The number of H-pyrrole nitrogens is 2. The molecule has 0 bridgehead atoms.